The number of nitrogens with zero attached hydrogens (tertiary/aromatic N) is 1. The largest absolute Gasteiger partial charge is 0.497 e. The van der Waals surface area contributed by atoms with Crippen LogP contribution in [0.2, 0.25) is 0 Å². The van der Waals surface area contributed by atoms with Gasteiger partial charge >= 0.3 is 5.97 Å². The van der Waals surface area contributed by atoms with Crippen molar-refractivity contribution >= 4 is 28.5 Å². The summed E-state index contributed by atoms with van der Waals surface area (Å²) >= 11 is 0. The minimum absolute atomic E-state index is 0.0537. The number of aromatic carboxylic acids is 1. The predicted molar refractivity (Wildman–Crippen MR) is 121 cm³/mol. The highest BCUT2D eigenvalue weighted by Gasteiger charge is 2.35. The summed E-state index contributed by atoms with van der Waals surface area (Å²) in [4.78, 5) is 17.2. The van der Waals surface area contributed by atoms with Gasteiger partial charge < -0.3 is 9.84 Å². The molecule has 1 aliphatic rings. The first-order valence-electron chi connectivity index (χ1n) is 10.3. The maximum atomic E-state index is 12.3. The van der Waals surface area contributed by atoms with Gasteiger partial charge in [0.25, 0.3) is 0 Å². The van der Waals surface area contributed by atoms with Gasteiger partial charge in [-0.05, 0) is 65.1 Å². The van der Waals surface area contributed by atoms with E-state index in [1.165, 1.54) is 0 Å². The van der Waals surface area contributed by atoms with Crippen LogP contribution in [0, 0.1) is 11.3 Å². The molecule has 0 amide bonds. The molecule has 0 fully saturated rings. The Morgan fingerprint density at radius 1 is 1.10 bits per heavy atom. The quantitative estimate of drug-likeness (QED) is 0.577. The highest BCUT2D eigenvalue weighted by Crippen LogP contribution is 2.44. The van der Waals surface area contributed by atoms with E-state index in [0.717, 1.165) is 46.5 Å². The molecule has 4 nitrogen and oxygen atoms in total. The van der Waals surface area contributed by atoms with Gasteiger partial charge in [-0.25, -0.2) is 9.78 Å². The van der Waals surface area contributed by atoms with Crippen LogP contribution in [0.5, 0.6) is 5.75 Å². The van der Waals surface area contributed by atoms with Gasteiger partial charge in [-0.2, -0.15) is 0 Å². The molecule has 1 aromatic heterocycles. The van der Waals surface area contributed by atoms with Crippen LogP contribution in [-0.4, -0.2) is 23.2 Å². The third-order valence-corrected chi connectivity index (χ3v) is 6.11. The second-order valence-electron chi connectivity index (χ2n) is 9.05. The van der Waals surface area contributed by atoms with Crippen molar-refractivity contribution < 1.29 is 14.6 Å². The van der Waals surface area contributed by atoms with Crippen molar-refractivity contribution in [3.8, 4) is 5.75 Å². The fraction of sp³-hybridized carbons (Fsp3) is 0.308. The van der Waals surface area contributed by atoms with Gasteiger partial charge in [-0.15, -0.1) is 0 Å². The second-order valence-corrected chi connectivity index (χ2v) is 9.05. The number of carboxylic acid groups (broad SMARTS) is 1. The lowest BCUT2D eigenvalue weighted by Gasteiger charge is -2.36. The summed E-state index contributed by atoms with van der Waals surface area (Å²) in [6.45, 7) is 6.67. The van der Waals surface area contributed by atoms with Gasteiger partial charge in [0.05, 0.1) is 23.9 Å². The van der Waals surface area contributed by atoms with Crippen LogP contribution in [0.15, 0.2) is 48.5 Å². The number of pyridine rings is 1. The summed E-state index contributed by atoms with van der Waals surface area (Å²) in [7, 11) is 1.65. The topological polar surface area (TPSA) is 59.4 Å². The van der Waals surface area contributed by atoms with Crippen molar-refractivity contribution in [3.05, 3.63) is 70.9 Å². The lowest BCUT2D eigenvalue weighted by molar-refractivity contribution is 0.0696. The summed E-state index contributed by atoms with van der Waals surface area (Å²) in [6, 6.07) is 15.4. The number of methoxy groups -OCH3 is 1. The summed E-state index contributed by atoms with van der Waals surface area (Å²) in [5, 5.41) is 10.8. The summed E-state index contributed by atoms with van der Waals surface area (Å²) in [5.41, 5.74) is 4.99. The summed E-state index contributed by atoms with van der Waals surface area (Å²) < 4.78 is 5.27. The molecule has 0 radical (unpaired) electrons. The third-order valence-electron chi connectivity index (χ3n) is 6.11. The molecule has 1 heterocycles. The molecule has 0 aliphatic heterocycles. The maximum Gasteiger partial charge on any atom is 0.336 e. The normalized spacial score (nSPS) is 17.7. The predicted octanol–water partition coefficient (Wildman–Crippen LogP) is 6.09. The molecule has 4 rings (SSSR count). The molecular weight excluding hydrogens is 374 g/mol. The number of fused-ring (bicyclic) bond motifs is 2. The standard InChI is InChI=1S/C26H27NO3/c1-26(2,3)18-14-17(13-16-9-11-19(30-4)12-10-16)24-21(15-18)23(25(28)29)20-7-5-6-8-22(20)27-24/h5-13,18H,14-15H2,1-4H3,(H,28,29)/b17-13+/t18-/m1/s1. The van der Waals surface area contributed by atoms with Crippen LogP contribution in [0.3, 0.4) is 0 Å². The molecule has 0 bridgehead atoms. The molecule has 1 aliphatic carbocycles. The number of hydrogen-bond acceptors (Lipinski definition) is 3. The Hall–Kier alpha value is -3.14. The minimum atomic E-state index is -0.886. The van der Waals surface area contributed by atoms with E-state index in [4.69, 9.17) is 9.72 Å². The number of ether oxygens (including phenoxy) is 1. The number of allylic oxidation sites excluding steroid dienone is 1. The molecule has 4 heteroatoms. The van der Waals surface area contributed by atoms with Gasteiger partial charge in [-0.1, -0.05) is 51.1 Å². The Balaban J connectivity index is 1.96. The lowest BCUT2D eigenvalue weighted by atomic mass is 9.69. The lowest BCUT2D eigenvalue weighted by Crippen LogP contribution is -2.28. The molecule has 0 saturated heterocycles. The van der Waals surface area contributed by atoms with Crippen molar-refractivity contribution in [2.75, 3.05) is 7.11 Å². The first kappa shape index (κ1) is 20.1. The minimum Gasteiger partial charge on any atom is -0.497 e. The van der Waals surface area contributed by atoms with Crippen molar-refractivity contribution in [1.29, 1.82) is 0 Å². The number of rotatable bonds is 3. The average Bonchev–Trinajstić information content (AvgIpc) is 2.71. The molecule has 2 aromatic carbocycles. The van der Waals surface area contributed by atoms with Crippen molar-refractivity contribution in [2.24, 2.45) is 11.3 Å². The van der Waals surface area contributed by atoms with Gasteiger partial charge in [0.2, 0.25) is 0 Å². The van der Waals surface area contributed by atoms with E-state index in [1.54, 1.807) is 7.11 Å². The first-order valence-corrected chi connectivity index (χ1v) is 10.3. The van der Waals surface area contributed by atoms with Gasteiger partial charge in [0.1, 0.15) is 5.75 Å². The smallest absolute Gasteiger partial charge is 0.336 e. The molecule has 0 unspecified atom stereocenters. The number of benzene rings is 2. The molecule has 1 atom stereocenters. The zero-order valence-corrected chi connectivity index (χ0v) is 17.9. The Labute approximate surface area is 177 Å². The van der Waals surface area contributed by atoms with Crippen LogP contribution >= 0.6 is 0 Å². The molecular formula is C26H27NO3. The Bertz CT molecular complexity index is 1140. The van der Waals surface area contributed by atoms with E-state index in [2.05, 4.69) is 26.8 Å². The number of para-hydroxylation sites is 1. The first-order chi connectivity index (χ1) is 14.3. The second kappa shape index (κ2) is 7.60. The van der Waals surface area contributed by atoms with Crippen LogP contribution in [0.25, 0.3) is 22.6 Å². The molecule has 0 spiro atoms. The molecule has 30 heavy (non-hydrogen) atoms. The number of carboxylic acids is 1. The fourth-order valence-electron chi connectivity index (χ4n) is 4.28. The van der Waals surface area contributed by atoms with Gasteiger partial charge in [-0.3, -0.25) is 0 Å². The van der Waals surface area contributed by atoms with Gasteiger partial charge in [0, 0.05) is 5.39 Å². The number of hydrogen-bond donors (Lipinski definition) is 1. The van der Waals surface area contributed by atoms with E-state index in [1.807, 2.05) is 48.5 Å². The van der Waals surface area contributed by atoms with E-state index in [-0.39, 0.29) is 5.41 Å². The van der Waals surface area contributed by atoms with E-state index in [0.29, 0.717) is 16.9 Å². The zero-order chi connectivity index (χ0) is 21.5. The van der Waals surface area contributed by atoms with Crippen molar-refractivity contribution in [1.82, 2.24) is 4.98 Å². The Morgan fingerprint density at radius 2 is 1.80 bits per heavy atom. The molecule has 0 saturated carbocycles. The van der Waals surface area contributed by atoms with Crippen LogP contribution in [0.1, 0.15) is 54.4 Å². The molecule has 3 aromatic rings. The average molecular weight is 402 g/mol. The highest BCUT2D eigenvalue weighted by molar-refractivity contribution is 6.06. The van der Waals surface area contributed by atoms with Crippen LogP contribution in [0.4, 0.5) is 0 Å². The SMILES string of the molecule is COc1ccc(/C=C2\C[C@@H](C(C)(C)C)Cc3c2nc2ccccc2c3C(=O)O)cc1. The number of aromatic nitrogens is 1. The number of carbonyl (C=O) groups is 1. The molecule has 1 N–H and O–H groups in total. The zero-order valence-electron chi connectivity index (χ0n) is 17.9. The highest BCUT2D eigenvalue weighted by atomic mass is 16.5. The molecule has 154 valence electrons. The van der Waals surface area contributed by atoms with E-state index >= 15 is 0 Å². The fourth-order valence-corrected chi connectivity index (χ4v) is 4.28. The summed E-state index contributed by atoms with van der Waals surface area (Å²) in [5.74, 6) is 0.254. The van der Waals surface area contributed by atoms with E-state index in [9.17, 15) is 9.90 Å². The maximum absolute atomic E-state index is 12.3. The summed E-state index contributed by atoms with van der Waals surface area (Å²) in [6.07, 6.45) is 3.73. The third kappa shape index (κ3) is 3.70. The monoisotopic (exact) mass is 401 g/mol. The Kier molecular flexibility index (Phi) is 5.10. The van der Waals surface area contributed by atoms with E-state index < -0.39 is 5.97 Å². The van der Waals surface area contributed by atoms with Crippen molar-refractivity contribution in [3.63, 3.8) is 0 Å². The van der Waals surface area contributed by atoms with Crippen molar-refractivity contribution in [2.45, 2.75) is 33.6 Å². The van der Waals surface area contributed by atoms with Gasteiger partial charge in [0.15, 0.2) is 0 Å². The van der Waals surface area contributed by atoms with Crippen LogP contribution < -0.4 is 4.74 Å². The Morgan fingerprint density at radius 3 is 2.43 bits per heavy atom. The van der Waals surface area contributed by atoms with Crippen LogP contribution in [-0.2, 0) is 6.42 Å².